The van der Waals surface area contributed by atoms with Gasteiger partial charge in [-0.3, -0.25) is 9.78 Å². The van der Waals surface area contributed by atoms with Crippen molar-refractivity contribution in [1.82, 2.24) is 15.2 Å². The Kier molecular flexibility index (Phi) is 2.81. The Balaban J connectivity index is 1.81. The van der Waals surface area contributed by atoms with Crippen LogP contribution in [0.25, 0.3) is 0 Å². The molecule has 2 fully saturated rings. The average molecular weight is 231 g/mol. The Morgan fingerprint density at radius 3 is 3.18 bits per heavy atom. The van der Waals surface area contributed by atoms with Gasteiger partial charge in [-0.2, -0.15) is 0 Å². The number of hydrogen-bond donors (Lipinski definition) is 1. The van der Waals surface area contributed by atoms with Crippen LogP contribution in [0.2, 0.25) is 0 Å². The third kappa shape index (κ3) is 1.93. The number of hydrogen-bond acceptors (Lipinski definition) is 3. The van der Waals surface area contributed by atoms with Crippen molar-refractivity contribution >= 4 is 5.91 Å². The molecule has 3 heterocycles. The molecule has 2 saturated heterocycles. The monoisotopic (exact) mass is 231 g/mol. The summed E-state index contributed by atoms with van der Waals surface area (Å²) in [4.78, 5) is 18.5. The second-order valence-electron chi connectivity index (χ2n) is 4.84. The number of carbonyl (C=O) groups is 1. The number of amides is 1. The zero-order chi connectivity index (χ0) is 11.7. The molecule has 0 aliphatic carbocycles. The van der Waals surface area contributed by atoms with Crippen LogP contribution in [-0.2, 0) is 0 Å². The highest BCUT2D eigenvalue weighted by Crippen LogP contribution is 2.27. The minimum Gasteiger partial charge on any atom is -0.333 e. The minimum absolute atomic E-state index is 0.0870. The number of nitrogens with one attached hydrogen (secondary N) is 1. The minimum atomic E-state index is 0.0870. The maximum atomic E-state index is 12.4. The van der Waals surface area contributed by atoms with Gasteiger partial charge in [0.15, 0.2) is 0 Å². The van der Waals surface area contributed by atoms with Gasteiger partial charge in [0.25, 0.3) is 5.91 Å². The Hall–Kier alpha value is -1.42. The van der Waals surface area contributed by atoms with E-state index in [2.05, 4.69) is 10.3 Å². The van der Waals surface area contributed by atoms with E-state index in [4.69, 9.17) is 0 Å². The molecule has 0 spiro atoms. The van der Waals surface area contributed by atoms with Crippen LogP contribution in [0.3, 0.4) is 0 Å². The van der Waals surface area contributed by atoms with Crippen molar-refractivity contribution < 1.29 is 4.79 Å². The van der Waals surface area contributed by atoms with Crippen LogP contribution in [0.5, 0.6) is 0 Å². The summed E-state index contributed by atoms with van der Waals surface area (Å²) < 4.78 is 0. The number of piperidine rings is 1. The van der Waals surface area contributed by atoms with E-state index >= 15 is 0 Å². The first-order valence-corrected chi connectivity index (χ1v) is 6.29. The number of fused-ring (bicyclic) bond motifs is 1. The maximum Gasteiger partial charge on any atom is 0.272 e. The third-order valence-corrected chi connectivity index (χ3v) is 3.82. The Labute approximate surface area is 101 Å². The first-order valence-electron chi connectivity index (χ1n) is 6.29. The quantitative estimate of drug-likeness (QED) is 0.781. The van der Waals surface area contributed by atoms with Crippen molar-refractivity contribution in [3.63, 3.8) is 0 Å². The van der Waals surface area contributed by atoms with Gasteiger partial charge >= 0.3 is 0 Å². The standard InChI is InChI=1S/C13H17N3O/c17-13(11-5-1-2-6-15-11)16-7-3-4-10-8-14-9-12(10)16/h1-2,5-6,10,12,14H,3-4,7-9H2. The molecule has 2 unspecified atom stereocenters. The zero-order valence-corrected chi connectivity index (χ0v) is 9.80. The smallest absolute Gasteiger partial charge is 0.272 e. The number of pyridine rings is 1. The molecule has 0 aromatic carbocycles. The van der Waals surface area contributed by atoms with Gasteiger partial charge in [0, 0.05) is 31.9 Å². The molecular formula is C13H17N3O. The van der Waals surface area contributed by atoms with E-state index in [9.17, 15) is 4.79 Å². The predicted molar refractivity (Wildman–Crippen MR) is 64.7 cm³/mol. The highest BCUT2D eigenvalue weighted by Gasteiger charge is 2.37. The summed E-state index contributed by atoms with van der Waals surface area (Å²) in [6.07, 6.45) is 4.03. The molecule has 1 aromatic heterocycles. The molecule has 2 aliphatic rings. The molecule has 1 amide bonds. The SMILES string of the molecule is O=C(c1ccccn1)N1CCCC2CNCC21. The lowest BCUT2D eigenvalue weighted by atomic mass is 9.92. The summed E-state index contributed by atoms with van der Waals surface area (Å²) in [6, 6.07) is 5.88. The van der Waals surface area contributed by atoms with Gasteiger partial charge in [-0.05, 0) is 30.9 Å². The van der Waals surface area contributed by atoms with Crippen LogP contribution in [0.15, 0.2) is 24.4 Å². The second-order valence-corrected chi connectivity index (χ2v) is 4.84. The van der Waals surface area contributed by atoms with E-state index in [0.717, 1.165) is 26.1 Å². The molecule has 2 atom stereocenters. The average Bonchev–Trinajstić information content (AvgIpc) is 2.87. The maximum absolute atomic E-state index is 12.4. The van der Waals surface area contributed by atoms with Crippen molar-refractivity contribution in [3.8, 4) is 0 Å². The number of carbonyl (C=O) groups excluding carboxylic acids is 1. The lowest BCUT2D eigenvalue weighted by molar-refractivity contribution is 0.0569. The van der Waals surface area contributed by atoms with Crippen molar-refractivity contribution in [3.05, 3.63) is 30.1 Å². The van der Waals surface area contributed by atoms with E-state index in [0.29, 0.717) is 17.7 Å². The fourth-order valence-electron chi connectivity index (χ4n) is 2.96. The molecule has 0 radical (unpaired) electrons. The van der Waals surface area contributed by atoms with Crippen molar-refractivity contribution in [2.45, 2.75) is 18.9 Å². The molecule has 4 nitrogen and oxygen atoms in total. The van der Waals surface area contributed by atoms with Crippen molar-refractivity contribution in [2.24, 2.45) is 5.92 Å². The van der Waals surface area contributed by atoms with E-state index < -0.39 is 0 Å². The number of rotatable bonds is 1. The zero-order valence-electron chi connectivity index (χ0n) is 9.80. The fraction of sp³-hybridized carbons (Fsp3) is 0.538. The molecule has 2 aliphatic heterocycles. The summed E-state index contributed by atoms with van der Waals surface area (Å²) in [5.74, 6) is 0.723. The van der Waals surface area contributed by atoms with Crippen LogP contribution in [0.4, 0.5) is 0 Å². The van der Waals surface area contributed by atoms with Crippen LogP contribution < -0.4 is 5.32 Å². The van der Waals surface area contributed by atoms with Gasteiger partial charge in [0.05, 0.1) is 0 Å². The first kappa shape index (κ1) is 10.7. The lowest BCUT2D eigenvalue weighted by Gasteiger charge is -2.36. The molecule has 1 N–H and O–H groups in total. The Morgan fingerprint density at radius 2 is 2.35 bits per heavy atom. The summed E-state index contributed by atoms with van der Waals surface area (Å²) in [5.41, 5.74) is 0.569. The highest BCUT2D eigenvalue weighted by molar-refractivity contribution is 5.92. The van der Waals surface area contributed by atoms with Gasteiger partial charge < -0.3 is 10.2 Å². The summed E-state index contributed by atoms with van der Waals surface area (Å²) >= 11 is 0. The molecule has 0 bridgehead atoms. The predicted octanol–water partition coefficient (Wildman–Crippen LogP) is 0.906. The van der Waals surface area contributed by atoms with Crippen LogP contribution in [0.1, 0.15) is 23.3 Å². The van der Waals surface area contributed by atoms with Gasteiger partial charge in [0.2, 0.25) is 0 Å². The number of aromatic nitrogens is 1. The van der Waals surface area contributed by atoms with Crippen molar-refractivity contribution in [2.75, 3.05) is 19.6 Å². The van der Waals surface area contributed by atoms with E-state index in [1.165, 1.54) is 6.42 Å². The molecular weight excluding hydrogens is 214 g/mol. The van der Waals surface area contributed by atoms with Gasteiger partial charge in [-0.25, -0.2) is 0 Å². The molecule has 0 saturated carbocycles. The molecule has 4 heteroatoms. The topological polar surface area (TPSA) is 45.2 Å². The number of nitrogens with zero attached hydrogens (tertiary/aromatic N) is 2. The largest absolute Gasteiger partial charge is 0.333 e. The molecule has 90 valence electrons. The molecule has 1 aromatic rings. The summed E-state index contributed by atoms with van der Waals surface area (Å²) in [6.45, 7) is 2.86. The Morgan fingerprint density at radius 1 is 1.41 bits per heavy atom. The van der Waals surface area contributed by atoms with E-state index in [1.54, 1.807) is 12.3 Å². The van der Waals surface area contributed by atoms with Crippen LogP contribution in [-0.4, -0.2) is 41.5 Å². The number of likely N-dealkylation sites (tertiary alicyclic amines) is 1. The highest BCUT2D eigenvalue weighted by atomic mass is 16.2. The van der Waals surface area contributed by atoms with Crippen molar-refractivity contribution in [1.29, 1.82) is 0 Å². The van der Waals surface area contributed by atoms with Gasteiger partial charge in [-0.15, -0.1) is 0 Å². The summed E-state index contributed by atoms with van der Waals surface area (Å²) in [5, 5.41) is 3.39. The van der Waals surface area contributed by atoms with Crippen LogP contribution in [0, 0.1) is 5.92 Å². The first-order chi connectivity index (χ1) is 8.36. The van der Waals surface area contributed by atoms with E-state index in [-0.39, 0.29) is 5.91 Å². The van der Waals surface area contributed by atoms with Gasteiger partial charge in [0.1, 0.15) is 5.69 Å². The van der Waals surface area contributed by atoms with E-state index in [1.807, 2.05) is 17.0 Å². The molecule has 3 rings (SSSR count). The normalized spacial score (nSPS) is 27.9. The third-order valence-electron chi connectivity index (χ3n) is 3.82. The second kappa shape index (κ2) is 4.45. The molecule has 17 heavy (non-hydrogen) atoms. The van der Waals surface area contributed by atoms with Gasteiger partial charge in [-0.1, -0.05) is 6.07 Å². The fourth-order valence-corrected chi connectivity index (χ4v) is 2.96. The summed E-state index contributed by atoms with van der Waals surface area (Å²) in [7, 11) is 0. The Bertz CT molecular complexity index is 406. The van der Waals surface area contributed by atoms with Crippen LogP contribution >= 0.6 is 0 Å². The lowest BCUT2D eigenvalue weighted by Crippen LogP contribution is -2.48.